The van der Waals surface area contributed by atoms with Crippen molar-refractivity contribution in [2.24, 2.45) is 0 Å². The third kappa shape index (κ3) is 1.57. The van der Waals surface area contributed by atoms with Crippen molar-refractivity contribution in [1.29, 1.82) is 0 Å². The fraction of sp³-hybridized carbons (Fsp3) is 0.583. The van der Waals surface area contributed by atoms with Gasteiger partial charge in [0.15, 0.2) is 4.96 Å². The van der Waals surface area contributed by atoms with Crippen molar-refractivity contribution in [3.63, 3.8) is 0 Å². The molecule has 0 bridgehead atoms. The Morgan fingerprint density at radius 1 is 1.25 bits per heavy atom. The van der Waals surface area contributed by atoms with E-state index in [1.807, 2.05) is 0 Å². The number of fused-ring (bicyclic) bond motifs is 3. The summed E-state index contributed by atoms with van der Waals surface area (Å²) in [5.41, 5.74) is 2.34. The molecule has 1 N–H and O–H groups in total. The molecular weight excluding hydrogens is 220 g/mol. The lowest BCUT2D eigenvalue weighted by atomic mass is 10.0. The molecule has 2 aromatic rings. The first-order valence-corrected chi connectivity index (χ1v) is 6.79. The molecule has 2 heterocycles. The average molecular weight is 236 g/mol. The monoisotopic (exact) mass is 236 g/mol. The summed E-state index contributed by atoms with van der Waals surface area (Å²) in [5, 5.41) is 9.31. The first kappa shape index (κ1) is 10.3. The van der Waals surface area contributed by atoms with Gasteiger partial charge in [-0.2, -0.15) is 0 Å². The van der Waals surface area contributed by atoms with Crippen LogP contribution < -0.4 is 0 Å². The van der Waals surface area contributed by atoms with Crippen LogP contribution in [0.4, 0.5) is 0 Å². The maximum Gasteiger partial charge on any atom is 0.194 e. The number of rotatable bonds is 1. The van der Waals surface area contributed by atoms with E-state index < -0.39 is 0 Å². The molecule has 0 saturated carbocycles. The second kappa shape index (κ2) is 4.18. The van der Waals surface area contributed by atoms with Gasteiger partial charge >= 0.3 is 0 Å². The number of nitrogens with zero attached hydrogens (tertiary/aromatic N) is 2. The minimum atomic E-state index is 0.0876. The predicted molar refractivity (Wildman–Crippen MR) is 64.9 cm³/mol. The molecule has 0 radical (unpaired) electrons. The third-order valence-corrected chi connectivity index (χ3v) is 4.49. The number of hydrogen-bond donors (Lipinski definition) is 1. The molecule has 3 rings (SSSR count). The summed E-state index contributed by atoms with van der Waals surface area (Å²) < 4.78 is 2.17. The van der Waals surface area contributed by atoms with Crippen molar-refractivity contribution in [3.8, 4) is 0 Å². The molecule has 0 atom stereocenters. The highest BCUT2D eigenvalue weighted by Gasteiger charge is 2.16. The lowest BCUT2D eigenvalue weighted by Gasteiger charge is -2.10. The molecule has 1 aliphatic carbocycles. The van der Waals surface area contributed by atoms with Crippen molar-refractivity contribution in [2.75, 3.05) is 0 Å². The Kier molecular flexibility index (Phi) is 2.69. The van der Waals surface area contributed by atoms with Crippen LogP contribution in [0.1, 0.15) is 41.9 Å². The summed E-state index contributed by atoms with van der Waals surface area (Å²) in [6, 6.07) is 0. The van der Waals surface area contributed by atoms with Crippen LogP contribution in [0.5, 0.6) is 0 Å². The topological polar surface area (TPSA) is 37.5 Å². The van der Waals surface area contributed by atoms with Gasteiger partial charge in [0.05, 0.1) is 18.5 Å². The normalized spacial score (nSPS) is 17.1. The van der Waals surface area contributed by atoms with E-state index >= 15 is 0 Å². The van der Waals surface area contributed by atoms with Gasteiger partial charge in [-0.3, -0.25) is 4.40 Å². The van der Waals surface area contributed by atoms with Crippen LogP contribution in [-0.4, -0.2) is 14.5 Å². The molecule has 1 aliphatic rings. The van der Waals surface area contributed by atoms with Crippen molar-refractivity contribution < 1.29 is 5.11 Å². The number of aliphatic hydroxyl groups is 1. The SMILES string of the molecule is OCc1cnc2sc3c(n12)CCCCCC3. The number of hydrogen-bond acceptors (Lipinski definition) is 3. The molecule has 0 unspecified atom stereocenters. The quantitative estimate of drug-likeness (QED) is 0.826. The number of aliphatic hydroxyl groups excluding tert-OH is 1. The minimum absolute atomic E-state index is 0.0876. The van der Waals surface area contributed by atoms with Crippen LogP contribution in [0.15, 0.2) is 6.20 Å². The van der Waals surface area contributed by atoms with Crippen LogP contribution in [0.25, 0.3) is 4.96 Å². The van der Waals surface area contributed by atoms with E-state index in [1.165, 1.54) is 42.7 Å². The molecule has 2 aromatic heterocycles. The lowest BCUT2D eigenvalue weighted by Crippen LogP contribution is -2.02. The van der Waals surface area contributed by atoms with E-state index in [0.29, 0.717) is 0 Å². The zero-order valence-corrected chi connectivity index (χ0v) is 10.1. The molecule has 0 saturated heterocycles. The van der Waals surface area contributed by atoms with E-state index in [1.54, 1.807) is 17.5 Å². The Morgan fingerprint density at radius 3 is 2.88 bits per heavy atom. The molecule has 0 spiro atoms. The largest absolute Gasteiger partial charge is 0.390 e. The molecule has 3 nitrogen and oxygen atoms in total. The van der Waals surface area contributed by atoms with E-state index in [9.17, 15) is 5.11 Å². The summed E-state index contributed by atoms with van der Waals surface area (Å²) in [4.78, 5) is 6.91. The van der Waals surface area contributed by atoms with Gasteiger partial charge in [0.25, 0.3) is 0 Å². The third-order valence-electron chi connectivity index (χ3n) is 3.34. The zero-order chi connectivity index (χ0) is 11.0. The lowest BCUT2D eigenvalue weighted by molar-refractivity contribution is 0.275. The molecule has 0 amide bonds. The smallest absolute Gasteiger partial charge is 0.194 e. The maximum atomic E-state index is 9.31. The molecule has 0 aromatic carbocycles. The summed E-state index contributed by atoms with van der Waals surface area (Å²) in [6.07, 6.45) is 9.37. The van der Waals surface area contributed by atoms with Gasteiger partial charge in [-0.15, -0.1) is 11.3 Å². The average Bonchev–Trinajstić information content (AvgIpc) is 2.78. The van der Waals surface area contributed by atoms with Gasteiger partial charge < -0.3 is 5.11 Å². The van der Waals surface area contributed by atoms with E-state index in [4.69, 9.17) is 0 Å². The molecule has 0 fully saturated rings. The van der Waals surface area contributed by atoms with Gasteiger partial charge in [-0.05, 0) is 25.7 Å². The Labute approximate surface area is 98.8 Å². The number of imidazole rings is 1. The Hall–Kier alpha value is -0.870. The summed E-state index contributed by atoms with van der Waals surface area (Å²) in [7, 11) is 0. The minimum Gasteiger partial charge on any atom is -0.390 e. The van der Waals surface area contributed by atoms with E-state index in [-0.39, 0.29) is 6.61 Å². The second-order valence-electron chi connectivity index (χ2n) is 4.41. The zero-order valence-electron chi connectivity index (χ0n) is 9.28. The molecule has 4 heteroatoms. The summed E-state index contributed by atoms with van der Waals surface area (Å²) >= 11 is 1.80. The van der Waals surface area contributed by atoms with Crippen molar-refractivity contribution in [1.82, 2.24) is 9.38 Å². The van der Waals surface area contributed by atoms with Gasteiger partial charge in [-0.1, -0.05) is 12.8 Å². The molecular formula is C12H16N2OS. The Balaban J connectivity index is 2.15. The molecule has 0 aliphatic heterocycles. The van der Waals surface area contributed by atoms with Gasteiger partial charge in [0, 0.05) is 10.6 Å². The van der Waals surface area contributed by atoms with Gasteiger partial charge in [-0.25, -0.2) is 4.98 Å². The molecule has 86 valence electrons. The highest BCUT2D eigenvalue weighted by atomic mass is 32.1. The number of aromatic nitrogens is 2. The van der Waals surface area contributed by atoms with Crippen molar-refractivity contribution in [3.05, 3.63) is 22.5 Å². The fourth-order valence-electron chi connectivity index (χ4n) is 2.51. The number of thiazole rings is 1. The standard InChI is InChI=1S/C12H16N2OS/c15-8-9-7-13-12-14(9)10-5-3-1-2-4-6-11(10)16-12/h7,15H,1-6,8H2. The van der Waals surface area contributed by atoms with Crippen LogP contribution in [0.2, 0.25) is 0 Å². The predicted octanol–water partition coefficient (Wildman–Crippen LogP) is 2.55. The highest BCUT2D eigenvalue weighted by molar-refractivity contribution is 7.17. The molecule has 16 heavy (non-hydrogen) atoms. The first-order valence-electron chi connectivity index (χ1n) is 5.98. The van der Waals surface area contributed by atoms with Gasteiger partial charge in [0.2, 0.25) is 0 Å². The van der Waals surface area contributed by atoms with Crippen LogP contribution in [0, 0.1) is 0 Å². The van der Waals surface area contributed by atoms with Crippen LogP contribution in [0.3, 0.4) is 0 Å². The van der Waals surface area contributed by atoms with Gasteiger partial charge in [0.1, 0.15) is 0 Å². The summed E-state index contributed by atoms with van der Waals surface area (Å²) in [5.74, 6) is 0. The highest BCUT2D eigenvalue weighted by Crippen LogP contribution is 2.29. The Bertz CT molecular complexity index is 500. The fourth-order valence-corrected chi connectivity index (χ4v) is 3.71. The van der Waals surface area contributed by atoms with E-state index in [2.05, 4.69) is 9.38 Å². The maximum absolute atomic E-state index is 9.31. The van der Waals surface area contributed by atoms with Crippen molar-refractivity contribution in [2.45, 2.75) is 45.1 Å². The number of aryl methyl sites for hydroxylation is 2. The summed E-state index contributed by atoms with van der Waals surface area (Å²) in [6.45, 7) is 0.0876. The Morgan fingerprint density at radius 2 is 2.06 bits per heavy atom. The van der Waals surface area contributed by atoms with E-state index in [0.717, 1.165) is 17.1 Å². The van der Waals surface area contributed by atoms with Crippen LogP contribution >= 0.6 is 11.3 Å². The van der Waals surface area contributed by atoms with Crippen molar-refractivity contribution >= 4 is 16.3 Å². The second-order valence-corrected chi connectivity index (χ2v) is 5.47. The first-order chi connectivity index (χ1) is 7.90. The van der Waals surface area contributed by atoms with Crippen LogP contribution in [-0.2, 0) is 19.4 Å².